The van der Waals surface area contributed by atoms with Gasteiger partial charge in [0.2, 0.25) is 0 Å². The first kappa shape index (κ1) is 10.2. The van der Waals surface area contributed by atoms with E-state index in [1.54, 1.807) is 0 Å². The zero-order valence-corrected chi connectivity index (χ0v) is 6.02. The van der Waals surface area contributed by atoms with Crippen molar-refractivity contribution in [2.75, 3.05) is 0 Å². The molecule has 0 spiro atoms. The topological polar surface area (TPSA) is 98.8 Å². The normalized spacial score (nSPS) is 8.33. The number of hydrogen-bond donors (Lipinski definition) is 1. The Morgan fingerprint density at radius 2 is 2.25 bits per heavy atom. The van der Waals surface area contributed by atoms with Crippen LogP contribution in [-0.2, 0) is 0 Å². The van der Waals surface area contributed by atoms with E-state index in [2.05, 4.69) is 4.98 Å². The third-order valence-electron chi connectivity index (χ3n) is 1.18. The Balaban J connectivity index is 0.00000121. The summed E-state index contributed by atoms with van der Waals surface area (Å²) in [5.74, 6) is -1.14. The van der Waals surface area contributed by atoms with Gasteiger partial charge in [0.1, 0.15) is 5.69 Å². The molecule has 0 amide bonds. The second kappa shape index (κ2) is 4.20. The Hall–Kier alpha value is -1.75. The van der Waals surface area contributed by atoms with Gasteiger partial charge < -0.3 is 10.6 Å². The van der Waals surface area contributed by atoms with Crippen LogP contribution in [0.4, 0.5) is 0 Å². The van der Waals surface area contributed by atoms with Crippen molar-refractivity contribution in [3.63, 3.8) is 0 Å². The van der Waals surface area contributed by atoms with Crippen LogP contribution in [0.5, 0.6) is 0 Å². The highest BCUT2D eigenvalue weighted by atomic mass is 16.4. The molecule has 1 aromatic rings. The van der Waals surface area contributed by atoms with Gasteiger partial charge in [-0.25, -0.2) is 4.79 Å². The molecule has 12 heavy (non-hydrogen) atoms. The van der Waals surface area contributed by atoms with Crippen LogP contribution >= 0.6 is 0 Å². The van der Waals surface area contributed by atoms with Crippen molar-refractivity contribution in [3.8, 4) is 0 Å². The lowest BCUT2D eigenvalue weighted by atomic mass is 10.2. The molecule has 3 N–H and O–H groups in total. The first-order valence-corrected chi connectivity index (χ1v) is 2.89. The smallest absolute Gasteiger partial charge is 0.338 e. The zero-order chi connectivity index (χ0) is 8.27. The number of aromatic nitrogens is 1. The van der Waals surface area contributed by atoms with Crippen LogP contribution in [0.15, 0.2) is 18.3 Å². The van der Waals surface area contributed by atoms with Gasteiger partial charge in [-0.3, -0.25) is 9.78 Å². The van der Waals surface area contributed by atoms with Crippen molar-refractivity contribution >= 4 is 12.3 Å². The molecule has 0 aliphatic heterocycles. The maximum Gasteiger partial charge on any atom is 0.338 e. The minimum atomic E-state index is -1.14. The summed E-state index contributed by atoms with van der Waals surface area (Å²) in [6.07, 6.45) is 1.79. The molecule has 0 aliphatic carbocycles. The van der Waals surface area contributed by atoms with Crippen LogP contribution in [0.1, 0.15) is 20.8 Å². The number of carbonyl (C=O) groups is 2. The lowest BCUT2D eigenvalue weighted by Gasteiger charge is -1.94. The average Bonchev–Trinajstić information content (AvgIpc) is 2.04. The lowest BCUT2D eigenvalue weighted by molar-refractivity contribution is 0.0693. The first-order chi connectivity index (χ1) is 5.25. The zero-order valence-electron chi connectivity index (χ0n) is 6.02. The highest BCUT2D eigenvalue weighted by Gasteiger charge is 2.08. The number of hydrogen-bond acceptors (Lipinski definition) is 3. The molecule has 0 unspecified atom stereocenters. The van der Waals surface area contributed by atoms with Crippen LogP contribution in [0.2, 0.25) is 0 Å². The van der Waals surface area contributed by atoms with E-state index in [-0.39, 0.29) is 16.7 Å². The number of carboxylic acid groups (broad SMARTS) is 1. The number of carboxylic acids is 1. The molecule has 0 fully saturated rings. The summed E-state index contributed by atoms with van der Waals surface area (Å²) in [7, 11) is 0. The fourth-order valence-electron chi connectivity index (χ4n) is 0.692. The van der Waals surface area contributed by atoms with E-state index in [1.165, 1.54) is 18.3 Å². The summed E-state index contributed by atoms with van der Waals surface area (Å²) in [5, 5.41) is 8.50. The van der Waals surface area contributed by atoms with Crippen molar-refractivity contribution < 1.29 is 20.2 Å². The molecular weight excluding hydrogens is 162 g/mol. The van der Waals surface area contributed by atoms with Gasteiger partial charge in [0.25, 0.3) is 0 Å². The minimum absolute atomic E-state index is 0. The maximum absolute atomic E-state index is 10.4. The third kappa shape index (κ3) is 1.86. The van der Waals surface area contributed by atoms with E-state index in [0.29, 0.717) is 6.29 Å². The predicted octanol–water partition coefficient (Wildman–Crippen LogP) is -0.232. The van der Waals surface area contributed by atoms with E-state index in [1.807, 2.05) is 0 Å². The number of rotatable bonds is 2. The number of aromatic carboxylic acids is 1. The van der Waals surface area contributed by atoms with Crippen LogP contribution in [0.25, 0.3) is 0 Å². The quantitative estimate of drug-likeness (QED) is 0.618. The SMILES string of the molecule is O.O=Cc1ncccc1C(=O)O. The molecule has 1 heterocycles. The van der Waals surface area contributed by atoms with Crippen LogP contribution in [0, 0.1) is 0 Å². The van der Waals surface area contributed by atoms with Gasteiger partial charge in [0.15, 0.2) is 6.29 Å². The molecule has 64 valence electrons. The summed E-state index contributed by atoms with van der Waals surface area (Å²) in [6, 6.07) is 2.80. The minimum Gasteiger partial charge on any atom is -0.478 e. The van der Waals surface area contributed by atoms with Gasteiger partial charge in [0.05, 0.1) is 5.56 Å². The van der Waals surface area contributed by atoms with Gasteiger partial charge in [-0.2, -0.15) is 0 Å². The Labute approximate surface area is 68.0 Å². The highest BCUT2D eigenvalue weighted by Crippen LogP contribution is 2.01. The molecule has 0 atom stereocenters. The van der Waals surface area contributed by atoms with Crippen molar-refractivity contribution in [2.24, 2.45) is 0 Å². The van der Waals surface area contributed by atoms with Gasteiger partial charge in [-0.1, -0.05) is 0 Å². The standard InChI is InChI=1S/C7H5NO3.H2O/c9-4-6-5(7(10)11)2-1-3-8-6;/h1-4H,(H,10,11);1H2. The molecule has 0 saturated heterocycles. The number of carbonyl (C=O) groups excluding carboxylic acids is 1. The maximum atomic E-state index is 10.4. The molecule has 0 aliphatic rings. The number of nitrogens with zero attached hydrogens (tertiary/aromatic N) is 1. The highest BCUT2D eigenvalue weighted by molar-refractivity contribution is 5.95. The number of aldehydes is 1. The summed E-state index contributed by atoms with van der Waals surface area (Å²) in [6.45, 7) is 0. The van der Waals surface area contributed by atoms with Gasteiger partial charge >= 0.3 is 5.97 Å². The Morgan fingerprint density at radius 3 is 2.67 bits per heavy atom. The van der Waals surface area contributed by atoms with Crippen molar-refractivity contribution in [2.45, 2.75) is 0 Å². The fraction of sp³-hybridized carbons (Fsp3) is 0. The average molecular weight is 169 g/mol. The van der Waals surface area contributed by atoms with Gasteiger partial charge in [-0.05, 0) is 12.1 Å². The van der Waals surface area contributed by atoms with Crippen LogP contribution in [-0.4, -0.2) is 27.8 Å². The molecule has 0 bridgehead atoms. The second-order valence-electron chi connectivity index (χ2n) is 1.86. The molecule has 1 aromatic heterocycles. The van der Waals surface area contributed by atoms with Gasteiger partial charge in [-0.15, -0.1) is 0 Å². The van der Waals surface area contributed by atoms with E-state index >= 15 is 0 Å². The largest absolute Gasteiger partial charge is 0.478 e. The summed E-state index contributed by atoms with van der Waals surface area (Å²) in [4.78, 5) is 24.2. The van der Waals surface area contributed by atoms with Crippen molar-refractivity contribution in [1.29, 1.82) is 0 Å². The third-order valence-corrected chi connectivity index (χ3v) is 1.18. The molecule has 5 heteroatoms. The van der Waals surface area contributed by atoms with E-state index in [9.17, 15) is 9.59 Å². The Morgan fingerprint density at radius 1 is 1.58 bits per heavy atom. The van der Waals surface area contributed by atoms with E-state index in [4.69, 9.17) is 5.11 Å². The first-order valence-electron chi connectivity index (χ1n) is 2.89. The Kier molecular flexibility index (Phi) is 3.58. The summed E-state index contributed by atoms with van der Waals surface area (Å²) < 4.78 is 0. The summed E-state index contributed by atoms with van der Waals surface area (Å²) >= 11 is 0. The molecule has 0 aromatic carbocycles. The molecule has 0 radical (unpaired) electrons. The van der Waals surface area contributed by atoms with Crippen molar-refractivity contribution in [3.05, 3.63) is 29.6 Å². The lowest BCUT2D eigenvalue weighted by Crippen LogP contribution is -2.02. The van der Waals surface area contributed by atoms with Crippen LogP contribution in [0.3, 0.4) is 0 Å². The monoisotopic (exact) mass is 169 g/mol. The number of pyridine rings is 1. The summed E-state index contributed by atoms with van der Waals surface area (Å²) in [5.41, 5.74) is -0.109. The van der Waals surface area contributed by atoms with Crippen LogP contribution < -0.4 is 0 Å². The van der Waals surface area contributed by atoms with Crippen molar-refractivity contribution in [1.82, 2.24) is 4.98 Å². The fourth-order valence-corrected chi connectivity index (χ4v) is 0.692. The van der Waals surface area contributed by atoms with Gasteiger partial charge in [0, 0.05) is 6.20 Å². The van der Waals surface area contributed by atoms with E-state index < -0.39 is 5.97 Å². The van der Waals surface area contributed by atoms with E-state index in [0.717, 1.165) is 0 Å². The molecule has 1 rings (SSSR count). The predicted molar refractivity (Wildman–Crippen MR) is 40.2 cm³/mol. The second-order valence-corrected chi connectivity index (χ2v) is 1.86. The molecule has 0 saturated carbocycles. The molecule has 5 nitrogen and oxygen atoms in total. The molecular formula is C7H7NO4. The Bertz CT molecular complexity index is 297.